The molecule has 0 aliphatic carbocycles. The second-order valence-corrected chi connectivity index (χ2v) is 6.71. The maximum Gasteiger partial charge on any atom is 0.463 e. The molecule has 25 heavy (non-hydrogen) atoms. The van der Waals surface area contributed by atoms with E-state index in [9.17, 15) is 26.7 Å². The van der Waals surface area contributed by atoms with E-state index in [1.807, 2.05) is 18.4 Å². The minimum atomic E-state index is -5.89. The Hall–Kier alpha value is -1.31. The summed E-state index contributed by atoms with van der Waals surface area (Å²) in [5.41, 5.74) is 0.773. The Kier molecular flexibility index (Phi) is 7.71. The fraction of sp³-hybridized carbons (Fsp3) is 0.588. The van der Waals surface area contributed by atoms with Gasteiger partial charge in [-0.1, -0.05) is 25.5 Å². The van der Waals surface area contributed by atoms with Gasteiger partial charge in [-0.3, -0.25) is 4.79 Å². The van der Waals surface area contributed by atoms with Gasteiger partial charge in [-0.15, -0.1) is 11.8 Å². The summed E-state index contributed by atoms with van der Waals surface area (Å²) in [6.45, 7) is 3.13. The van der Waals surface area contributed by atoms with Crippen molar-refractivity contribution in [2.45, 2.75) is 56.1 Å². The SMILES string of the molecule is CCCCN(C(=O)C(F)(F)C(F)(F)F)C(C)Cc1ccc(SC)cc1. The topological polar surface area (TPSA) is 20.3 Å². The van der Waals surface area contributed by atoms with Crippen molar-refractivity contribution in [3.63, 3.8) is 0 Å². The van der Waals surface area contributed by atoms with Crippen LogP contribution in [0, 0.1) is 0 Å². The molecule has 8 heteroatoms. The van der Waals surface area contributed by atoms with Gasteiger partial charge in [0.05, 0.1) is 0 Å². The van der Waals surface area contributed by atoms with Crippen molar-refractivity contribution in [3.05, 3.63) is 29.8 Å². The van der Waals surface area contributed by atoms with Gasteiger partial charge in [0.25, 0.3) is 0 Å². The van der Waals surface area contributed by atoms with Crippen LogP contribution in [0.15, 0.2) is 29.2 Å². The van der Waals surface area contributed by atoms with Crippen LogP contribution in [0.3, 0.4) is 0 Å². The number of nitrogens with zero attached hydrogens (tertiary/aromatic N) is 1. The second-order valence-electron chi connectivity index (χ2n) is 5.83. The number of alkyl halides is 5. The summed E-state index contributed by atoms with van der Waals surface area (Å²) in [7, 11) is 0. The first-order valence-corrected chi connectivity index (χ1v) is 9.15. The Balaban J connectivity index is 2.97. The molecule has 1 unspecified atom stereocenters. The fourth-order valence-electron chi connectivity index (χ4n) is 2.37. The molecule has 0 aromatic heterocycles. The lowest BCUT2D eigenvalue weighted by atomic mass is 10.0. The van der Waals surface area contributed by atoms with E-state index in [0.717, 1.165) is 10.5 Å². The van der Waals surface area contributed by atoms with Crippen molar-refractivity contribution in [2.24, 2.45) is 0 Å². The van der Waals surface area contributed by atoms with E-state index in [1.54, 1.807) is 19.1 Å². The Bertz CT molecular complexity index is 559. The van der Waals surface area contributed by atoms with E-state index < -0.39 is 24.0 Å². The van der Waals surface area contributed by atoms with Gasteiger partial charge >= 0.3 is 18.0 Å². The van der Waals surface area contributed by atoms with Crippen LogP contribution in [0.1, 0.15) is 32.3 Å². The van der Waals surface area contributed by atoms with E-state index in [2.05, 4.69) is 0 Å². The maximum absolute atomic E-state index is 13.5. The van der Waals surface area contributed by atoms with Gasteiger partial charge < -0.3 is 4.90 Å². The van der Waals surface area contributed by atoms with Crippen molar-refractivity contribution in [2.75, 3.05) is 12.8 Å². The largest absolute Gasteiger partial charge is 0.463 e. The van der Waals surface area contributed by atoms with Gasteiger partial charge in [0.2, 0.25) is 0 Å². The average molecular weight is 383 g/mol. The molecule has 0 saturated heterocycles. The number of halogens is 5. The van der Waals surface area contributed by atoms with Crippen LogP contribution in [0.5, 0.6) is 0 Å². The third-order valence-electron chi connectivity index (χ3n) is 3.86. The molecule has 2 nitrogen and oxygen atoms in total. The molecule has 0 aliphatic heterocycles. The van der Waals surface area contributed by atoms with Gasteiger partial charge in [-0.25, -0.2) is 0 Å². The predicted molar refractivity (Wildman–Crippen MR) is 89.0 cm³/mol. The first kappa shape index (κ1) is 21.7. The van der Waals surface area contributed by atoms with Crippen LogP contribution in [0.4, 0.5) is 22.0 Å². The molecular formula is C17H22F5NOS. The Morgan fingerprint density at radius 1 is 1.16 bits per heavy atom. The highest BCUT2D eigenvalue weighted by atomic mass is 32.2. The van der Waals surface area contributed by atoms with Gasteiger partial charge in [0, 0.05) is 17.5 Å². The number of carbonyl (C=O) groups is 1. The lowest BCUT2D eigenvalue weighted by Crippen LogP contribution is -2.55. The van der Waals surface area contributed by atoms with Gasteiger partial charge in [0.1, 0.15) is 0 Å². The molecule has 1 rings (SSSR count). The Labute approximate surface area is 148 Å². The highest BCUT2D eigenvalue weighted by molar-refractivity contribution is 7.98. The van der Waals surface area contributed by atoms with Crippen molar-refractivity contribution in [1.29, 1.82) is 0 Å². The second kappa shape index (κ2) is 8.87. The summed E-state index contributed by atoms with van der Waals surface area (Å²) in [6, 6.07) is 6.48. The van der Waals surface area contributed by atoms with E-state index >= 15 is 0 Å². The minimum Gasteiger partial charge on any atom is -0.334 e. The molecule has 1 atom stereocenters. The van der Waals surface area contributed by atoms with E-state index in [0.29, 0.717) is 17.7 Å². The summed E-state index contributed by atoms with van der Waals surface area (Å²) in [5.74, 6) is -7.56. The summed E-state index contributed by atoms with van der Waals surface area (Å²) in [5, 5.41) is 0. The van der Waals surface area contributed by atoms with Crippen LogP contribution in [0.25, 0.3) is 0 Å². The molecule has 1 aromatic rings. The third-order valence-corrected chi connectivity index (χ3v) is 4.60. The van der Waals surface area contributed by atoms with Crippen molar-refractivity contribution >= 4 is 17.7 Å². The zero-order chi connectivity index (χ0) is 19.3. The maximum atomic E-state index is 13.5. The zero-order valence-corrected chi connectivity index (χ0v) is 15.2. The van der Waals surface area contributed by atoms with Crippen LogP contribution in [-0.4, -0.2) is 41.7 Å². The molecule has 1 amide bonds. The number of hydrogen-bond acceptors (Lipinski definition) is 2. The molecule has 0 heterocycles. The number of benzene rings is 1. The molecule has 0 radical (unpaired) electrons. The molecule has 0 saturated carbocycles. The monoisotopic (exact) mass is 383 g/mol. The highest BCUT2D eigenvalue weighted by Gasteiger charge is 2.64. The Morgan fingerprint density at radius 2 is 1.72 bits per heavy atom. The smallest absolute Gasteiger partial charge is 0.334 e. The van der Waals surface area contributed by atoms with Gasteiger partial charge in [0.15, 0.2) is 0 Å². The number of unbranched alkanes of at least 4 members (excludes halogenated alkanes) is 1. The lowest BCUT2D eigenvalue weighted by Gasteiger charge is -2.33. The summed E-state index contributed by atoms with van der Waals surface area (Å²) >= 11 is 1.54. The summed E-state index contributed by atoms with van der Waals surface area (Å²) < 4.78 is 64.6. The van der Waals surface area contributed by atoms with Crippen LogP contribution in [0.2, 0.25) is 0 Å². The summed E-state index contributed by atoms with van der Waals surface area (Å²) in [4.78, 5) is 13.6. The van der Waals surface area contributed by atoms with Crippen molar-refractivity contribution in [1.82, 2.24) is 4.90 Å². The van der Waals surface area contributed by atoms with Crippen molar-refractivity contribution < 1.29 is 26.7 Å². The molecule has 0 bridgehead atoms. The molecule has 0 fully saturated rings. The number of rotatable bonds is 8. The predicted octanol–water partition coefficient (Wildman–Crippen LogP) is 5.17. The standard InChI is InChI=1S/C17H22F5NOS/c1-4-5-10-23(15(24)16(18,19)17(20,21)22)12(2)11-13-6-8-14(25-3)9-7-13/h6-9,12H,4-5,10-11H2,1-3H3. The quantitative estimate of drug-likeness (QED) is 0.456. The third kappa shape index (κ3) is 5.59. The van der Waals surface area contributed by atoms with Crippen molar-refractivity contribution in [3.8, 4) is 0 Å². The zero-order valence-electron chi connectivity index (χ0n) is 14.4. The number of thioether (sulfide) groups is 1. The first-order chi connectivity index (χ1) is 11.5. The van der Waals surface area contributed by atoms with Crippen LogP contribution < -0.4 is 0 Å². The highest BCUT2D eigenvalue weighted by Crippen LogP contribution is 2.37. The molecule has 0 spiro atoms. The van der Waals surface area contributed by atoms with E-state index in [4.69, 9.17) is 0 Å². The van der Waals surface area contributed by atoms with Gasteiger partial charge in [-0.05, 0) is 43.7 Å². The Morgan fingerprint density at radius 3 is 2.16 bits per heavy atom. The lowest BCUT2D eigenvalue weighted by molar-refractivity contribution is -0.275. The van der Waals surface area contributed by atoms with E-state index in [-0.39, 0.29) is 13.0 Å². The summed E-state index contributed by atoms with van der Waals surface area (Å²) in [6.07, 6.45) is -2.85. The minimum absolute atomic E-state index is 0.134. The number of hydrogen-bond donors (Lipinski definition) is 0. The van der Waals surface area contributed by atoms with Gasteiger partial charge in [-0.2, -0.15) is 22.0 Å². The molecular weight excluding hydrogens is 361 g/mol. The molecule has 142 valence electrons. The van der Waals surface area contributed by atoms with Crippen LogP contribution >= 0.6 is 11.8 Å². The van der Waals surface area contributed by atoms with E-state index in [1.165, 1.54) is 18.7 Å². The molecule has 0 aliphatic rings. The fourth-order valence-corrected chi connectivity index (χ4v) is 2.77. The molecule has 0 N–H and O–H groups in total. The first-order valence-electron chi connectivity index (χ1n) is 7.93. The average Bonchev–Trinajstić information content (AvgIpc) is 2.54. The van der Waals surface area contributed by atoms with Crippen LogP contribution in [-0.2, 0) is 11.2 Å². The number of amides is 1. The number of carbonyl (C=O) groups excluding carboxylic acids is 1. The normalized spacial score (nSPS) is 13.6. The molecule has 1 aromatic carbocycles.